The highest BCUT2D eigenvalue weighted by molar-refractivity contribution is 5.85. The lowest BCUT2D eigenvalue weighted by molar-refractivity contribution is -0.153. The fraction of sp³-hybridized carbons (Fsp3) is 0.571. The van der Waals surface area contributed by atoms with Gasteiger partial charge in [0.2, 0.25) is 0 Å². The van der Waals surface area contributed by atoms with Crippen LogP contribution in [-0.2, 0) is 6.18 Å². The molecule has 0 aliphatic carbocycles. The highest BCUT2D eigenvalue weighted by Crippen LogP contribution is 2.40. The molecule has 24 heavy (non-hydrogen) atoms. The standard InChI is InChI=1S/C14H16F6N2.2ClH/c15-13(16,17)9-12(22-7-5-21-6-8-22)10-3-1-2-4-11(10)14(18,19)20;;/h1-4,12,21H,5-9H2;2*1H/t12-;;/m1../s1. The van der Waals surface area contributed by atoms with Gasteiger partial charge < -0.3 is 5.32 Å². The summed E-state index contributed by atoms with van der Waals surface area (Å²) in [5.41, 5.74) is -1.31. The summed E-state index contributed by atoms with van der Waals surface area (Å²) in [5.74, 6) is 0. The number of rotatable bonds is 3. The fourth-order valence-corrected chi connectivity index (χ4v) is 2.69. The van der Waals surface area contributed by atoms with E-state index in [1.807, 2.05) is 0 Å². The van der Waals surface area contributed by atoms with Gasteiger partial charge in [-0.2, -0.15) is 26.3 Å². The highest BCUT2D eigenvalue weighted by atomic mass is 35.5. The third-order valence-corrected chi connectivity index (χ3v) is 3.64. The number of hydrogen-bond acceptors (Lipinski definition) is 2. The molecule has 2 nitrogen and oxygen atoms in total. The Kier molecular flexibility index (Phi) is 8.86. The number of alkyl halides is 6. The Morgan fingerprint density at radius 2 is 1.50 bits per heavy atom. The number of nitrogens with one attached hydrogen (secondary N) is 1. The molecule has 0 aromatic heterocycles. The van der Waals surface area contributed by atoms with E-state index in [0.29, 0.717) is 13.1 Å². The van der Waals surface area contributed by atoms with Gasteiger partial charge in [-0.25, -0.2) is 0 Å². The van der Waals surface area contributed by atoms with Gasteiger partial charge in [0, 0.05) is 32.2 Å². The maximum absolute atomic E-state index is 13.1. The molecule has 2 rings (SSSR count). The monoisotopic (exact) mass is 398 g/mol. The predicted molar refractivity (Wildman–Crippen MR) is 83.8 cm³/mol. The van der Waals surface area contributed by atoms with Crippen LogP contribution in [0.2, 0.25) is 0 Å². The van der Waals surface area contributed by atoms with Crippen LogP contribution in [-0.4, -0.2) is 37.3 Å². The zero-order valence-electron chi connectivity index (χ0n) is 12.5. The SMILES string of the molecule is Cl.Cl.FC(F)(F)C[C@H](c1ccccc1C(F)(F)F)N1CCNCC1. The van der Waals surface area contributed by atoms with Crippen molar-refractivity contribution in [3.8, 4) is 0 Å². The van der Waals surface area contributed by atoms with E-state index in [4.69, 9.17) is 0 Å². The summed E-state index contributed by atoms with van der Waals surface area (Å²) in [6.07, 6.45) is -10.5. The van der Waals surface area contributed by atoms with Crippen molar-refractivity contribution in [3.05, 3.63) is 35.4 Å². The summed E-state index contributed by atoms with van der Waals surface area (Å²) in [5, 5.41) is 2.98. The zero-order valence-corrected chi connectivity index (χ0v) is 14.1. The van der Waals surface area contributed by atoms with E-state index in [2.05, 4.69) is 5.32 Å². The highest BCUT2D eigenvalue weighted by Gasteiger charge is 2.41. The van der Waals surface area contributed by atoms with E-state index in [0.717, 1.165) is 12.1 Å². The third-order valence-electron chi connectivity index (χ3n) is 3.64. The Hall–Kier alpha value is -0.700. The first-order chi connectivity index (χ1) is 10.2. The van der Waals surface area contributed by atoms with Gasteiger partial charge >= 0.3 is 12.4 Å². The van der Waals surface area contributed by atoms with E-state index in [9.17, 15) is 26.3 Å². The molecule has 1 aliphatic heterocycles. The number of nitrogens with zero attached hydrogens (tertiary/aromatic N) is 1. The van der Waals surface area contributed by atoms with Crippen molar-refractivity contribution in [1.29, 1.82) is 0 Å². The third kappa shape index (κ3) is 6.31. The number of hydrogen-bond donors (Lipinski definition) is 1. The van der Waals surface area contributed by atoms with Gasteiger partial charge in [0.25, 0.3) is 0 Å². The molecule has 10 heteroatoms. The lowest BCUT2D eigenvalue weighted by Crippen LogP contribution is -2.46. The average Bonchev–Trinajstić information content (AvgIpc) is 2.44. The smallest absolute Gasteiger partial charge is 0.314 e. The summed E-state index contributed by atoms with van der Waals surface area (Å²) in [6.45, 7) is 1.49. The lowest BCUT2D eigenvalue weighted by Gasteiger charge is -2.36. The summed E-state index contributed by atoms with van der Waals surface area (Å²) in [7, 11) is 0. The van der Waals surface area contributed by atoms with Crippen molar-refractivity contribution in [3.63, 3.8) is 0 Å². The Labute approximate surface area is 148 Å². The van der Waals surface area contributed by atoms with Gasteiger partial charge in [0.1, 0.15) is 0 Å². The van der Waals surface area contributed by atoms with Gasteiger partial charge in [-0.1, -0.05) is 18.2 Å². The second-order valence-electron chi connectivity index (χ2n) is 5.21. The maximum atomic E-state index is 13.1. The molecule has 1 aromatic rings. The van der Waals surface area contributed by atoms with Crippen molar-refractivity contribution >= 4 is 24.8 Å². The van der Waals surface area contributed by atoms with Crippen LogP contribution in [0, 0.1) is 0 Å². The second kappa shape index (κ2) is 9.12. The van der Waals surface area contributed by atoms with E-state index < -0.39 is 30.4 Å². The van der Waals surface area contributed by atoms with Crippen LogP contribution in [0.1, 0.15) is 23.6 Å². The van der Waals surface area contributed by atoms with E-state index in [1.165, 1.54) is 17.0 Å². The lowest BCUT2D eigenvalue weighted by atomic mass is 9.95. The van der Waals surface area contributed by atoms with Gasteiger partial charge in [0.05, 0.1) is 12.0 Å². The van der Waals surface area contributed by atoms with Crippen molar-refractivity contribution in [2.45, 2.75) is 24.8 Å². The molecule has 0 bridgehead atoms. The molecule has 0 unspecified atom stereocenters. The van der Waals surface area contributed by atoms with Crippen LogP contribution in [0.3, 0.4) is 0 Å². The number of benzene rings is 1. The molecule has 0 amide bonds. The van der Waals surface area contributed by atoms with Crippen LogP contribution < -0.4 is 5.32 Å². The first-order valence-corrected chi connectivity index (χ1v) is 6.86. The second-order valence-corrected chi connectivity index (χ2v) is 5.21. The molecule has 1 atom stereocenters. The van der Waals surface area contributed by atoms with Gasteiger partial charge in [-0.3, -0.25) is 4.90 Å². The summed E-state index contributed by atoms with van der Waals surface area (Å²) in [6, 6.07) is 3.19. The summed E-state index contributed by atoms with van der Waals surface area (Å²) >= 11 is 0. The average molecular weight is 399 g/mol. The fourth-order valence-electron chi connectivity index (χ4n) is 2.69. The molecule has 1 aliphatic rings. The van der Waals surface area contributed by atoms with E-state index in [-0.39, 0.29) is 43.5 Å². The molecular weight excluding hydrogens is 381 g/mol. The molecule has 0 spiro atoms. The molecule has 0 radical (unpaired) electrons. The minimum atomic E-state index is -4.67. The molecule has 1 saturated heterocycles. The molecule has 1 heterocycles. The Bertz CT molecular complexity index is 501. The number of halogens is 8. The van der Waals surface area contributed by atoms with Crippen LogP contribution >= 0.6 is 24.8 Å². The van der Waals surface area contributed by atoms with E-state index >= 15 is 0 Å². The topological polar surface area (TPSA) is 15.3 Å². The first kappa shape index (κ1) is 23.3. The maximum Gasteiger partial charge on any atom is 0.416 e. The van der Waals surface area contributed by atoms with Crippen molar-refractivity contribution < 1.29 is 26.3 Å². The van der Waals surface area contributed by atoms with Crippen LogP contribution in [0.4, 0.5) is 26.3 Å². The van der Waals surface area contributed by atoms with Crippen LogP contribution in [0.25, 0.3) is 0 Å². The quantitative estimate of drug-likeness (QED) is 0.756. The normalized spacial score (nSPS) is 17.6. The molecule has 0 saturated carbocycles. The van der Waals surface area contributed by atoms with Gasteiger partial charge in [-0.15, -0.1) is 24.8 Å². The largest absolute Gasteiger partial charge is 0.416 e. The number of piperazine rings is 1. The minimum absolute atomic E-state index is 0. The van der Waals surface area contributed by atoms with Gasteiger partial charge in [-0.05, 0) is 11.6 Å². The van der Waals surface area contributed by atoms with Crippen molar-refractivity contribution in [2.75, 3.05) is 26.2 Å². The summed E-state index contributed by atoms with van der Waals surface area (Å²) < 4.78 is 77.8. The summed E-state index contributed by atoms with van der Waals surface area (Å²) in [4.78, 5) is 1.47. The van der Waals surface area contributed by atoms with Gasteiger partial charge in [0.15, 0.2) is 0 Å². The first-order valence-electron chi connectivity index (χ1n) is 6.86. The van der Waals surface area contributed by atoms with Crippen molar-refractivity contribution in [1.82, 2.24) is 10.2 Å². The van der Waals surface area contributed by atoms with E-state index in [1.54, 1.807) is 0 Å². The van der Waals surface area contributed by atoms with Crippen molar-refractivity contribution in [2.24, 2.45) is 0 Å². The molecule has 1 N–H and O–H groups in total. The predicted octanol–water partition coefficient (Wildman–Crippen LogP) is 4.45. The van der Waals surface area contributed by atoms with Crippen LogP contribution in [0.15, 0.2) is 24.3 Å². The zero-order chi connectivity index (χ0) is 16.4. The Balaban J connectivity index is 0.00000264. The van der Waals surface area contributed by atoms with Crippen LogP contribution in [0.5, 0.6) is 0 Å². The molecule has 1 aromatic carbocycles. The Morgan fingerprint density at radius 3 is 2.00 bits per heavy atom. The Morgan fingerprint density at radius 1 is 0.958 bits per heavy atom. The molecule has 140 valence electrons. The molecule has 1 fully saturated rings. The molecular formula is C14H18Cl2F6N2. The minimum Gasteiger partial charge on any atom is -0.314 e.